The Kier molecular flexibility index (Phi) is 4.83. The number of aryl methyl sites for hydroxylation is 1. The fraction of sp³-hybridized carbons (Fsp3) is 0.353. The molecular formula is C17H19N3O3. The van der Waals surface area contributed by atoms with Crippen LogP contribution in [0, 0.1) is 12.8 Å². The first-order valence-electron chi connectivity index (χ1n) is 7.62. The topological polar surface area (TPSA) is 73.3 Å². The first-order valence-corrected chi connectivity index (χ1v) is 7.62. The smallest absolute Gasteiger partial charge is 0.275 e. The second-order valence-corrected chi connectivity index (χ2v) is 5.54. The van der Waals surface area contributed by atoms with Gasteiger partial charge in [0.1, 0.15) is 17.3 Å². The molecule has 2 aromatic heterocycles. The Morgan fingerprint density at radius 2 is 2.35 bits per heavy atom. The van der Waals surface area contributed by atoms with Crippen LogP contribution in [0.15, 0.2) is 36.5 Å². The van der Waals surface area contributed by atoms with Crippen LogP contribution in [0.5, 0.6) is 5.75 Å². The van der Waals surface area contributed by atoms with E-state index >= 15 is 0 Å². The van der Waals surface area contributed by atoms with E-state index in [0.717, 1.165) is 25.3 Å². The van der Waals surface area contributed by atoms with Crippen LogP contribution in [0.4, 0.5) is 5.82 Å². The Balaban J connectivity index is 1.67. The number of nitrogens with zero attached hydrogens (tertiary/aromatic N) is 2. The number of nitrogens with one attached hydrogen (secondary N) is 1. The van der Waals surface area contributed by atoms with Crippen molar-refractivity contribution in [2.24, 2.45) is 5.92 Å². The molecule has 0 aliphatic carbocycles. The molecule has 1 atom stereocenters. The van der Waals surface area contributed by atoms with Crippen molar-refractivity contribution in [3.63, 3.8) is 0 Å². The van der Waals surface area contributed by atoms with E-state index in [-0.39, 0.29) is 5.91 Å². The molecule has 120 valence electrons. The Hall–Kier alpha value is -2.47. The van der Waals surface area contributed by atoms with E-state index in [4.69, 9.17) is 9.47 Å². The summed E-state index contributed by atoms with van der Waals surface area (Å²) in [5, 5.41) is 2.72. The van der Waals surface area contributed by atoms with Gasteiger partial charge in [0.25, 0.3) is 5.91 Å². The van der Waals surface area contributed by atoms with Crippen LogP contribution in [0.1, 0.15) is 22.6 Å². The highest BCUT2D eigenvalue weighted by molar-refractivity contribution is 6.02. The average molecular weight is 313 g/mol. The van der Waals surface area contributed by atoms with Crippen molar-refractivity contribution >= 4 is 11.7 Å². The second kappa shape index (κ2) is 7.19. The number of hydrogen-bond acceptors (Lipinski definition) is 5. The maximum absolute atomic E-state index is 12.3. The molecular weight excluding hydrogens is 294 g/mol. The van der Waals surface area contributed by atoms with E-state index in [2.05, 4.69) is 15.3 Å². The van der Waals surface area contributed by atoms with Gasteiger partial charge >= 0.3 is 0 Å². The lowest BCUT2D eigenvalue weighted by molar-refractivity contribution is 0.102. The maximum Gasteiger partial charge on any atom is 0.275 e. The molecule has 0 spiro atoms. The molecule has 1 saturated heterocycles. The SMILES string of the molecule is Cc1cc(OC[C@H]2CCOC2)cc(C(=O)Nc2ccccn2)n1. The summed E-state index contributed by atoms with van der Waals surface area (Å²) < 4.78 is 11.1. The molecule has 0 saturated carbocycles. The summed E-state index contributed by atoms with van der Waals surface area (Å²) in [6.07, 6.45) is 2.63. The van der Waals surface area contributed by atoms with Crippen molar-refractivity contribution in [3.05, 3.63) is 47.9 Å². The van der Waals surface area contributed by atoms with E-state index in [1.54, 1.807) is 24.4 Å². The molecule has 1 fully saturated rings. The highest BCUT2D eigenvalue weighted by Gasteiger charge is 2.17. The number of carbonyl (C=O) groups excluding carboxylic acids is 1. The molecule has 0 unspecified atom stereocenters. The summed E-state index contributed by atoms with van der Waals surface area (Å²) in [5.74, 6) is 1.25. The molecule has 1 aliphatic heterocycles. The number of rotatable bonds is 5. The summed E-state index contributed by atoms with van der Waals surface area (Å²) in [7, 11) is 0. The fourth-order valence-electron chi connectivity index (χ4n) is 2.38. The lowest BCUT2D eigenvalue weighted by Gasteiger charge is -2.12. The van der Waals surface area contributed by atoms with Crippen LogP contribution in [0.25, 0.3) is 0 Å². The molecule has 3 rings (SSSR count). The van der Waals surface area contributed by atoms with Gasteiger partial charge in [0.05, 0.1) is 13.2 Å². The van der Waals surface area contributed by atoms with Crippen molar-refractivity contribution in [2.45, 2.75) is 13.3 Å². The minimum Gasteiger partial charge on any atom is -0.493 e. The Bertz CT molecular complexity index is 670. The number of ether oxygens (including phenoxy) is 2. The van der Waals surface area contributed by atoms with Gasteiger partial charge in [0.2, 0.25) is 0 Å². The molecule has 0 radical (unpaired) electrons. The van der Waals surface area contributed by atoms with E-state index in [1.807, 2.05) is 19.1 Å². The third-order valence-electron chi connectivity index (χ3n) is 3.58. The quantitative estimate of drug-likeness (QED) is 0.918. The molecule has 23 heavy (non-hydrogen) atoms. The molecule has 6 heteroatoms. The number of amides is 1. The van der Waals surface area contributed by atoms with Crippen molar-refractivity contribution < 1.29 is 14.3 Å². The van der Waals surface area contributed by atoms with Crippen LogP contribution < -0.4 is 10.1 Å². The summed E-state index contributed by atoms with van der Waals surface area (Å²) in [6, 6.07) is 8.81. The van der Waals surface area contributed by atoms with Gasteiger partial charge in [-0.15, -0.1) is 0 Å². The lowest BCUT2D eigenvalue weighted by Crippen LogP contribution is -2.16. The predicted molar refractivity (Wildman–Crippen MR) is 85.6 cm³/mol. The van der Waals surface area contributed by atoms with Gasteiger partial charge in [0, 0.05) is 36.5 Å². The van der Waals surface area contributed by atoms with Crippen LogP contribution >= 0.6 is 0 Å². The van der Waals surface area contributed by atoms with Gasteiger partial charge in [-0.25, -0.2) is 9.97 Å². The van der Waals surface area contributed by atoms with Crippen molar-refractivity contribution in [1.29, 1.82) is 0 Å². The number of hydrogen-bond donors (Lipinski definition) is 1. The largest absolute Gasteiger partial charge is 0.493 e. The normalized spacial score (nSPS) is 17.0. The zero-order chi connectivity index (χ0) is 16.1. The number of carbonyl (C=O) groups is 1. The molecule has 6 nitrogen and oxygen atoms in total. The molecule has 0 aromatic carbocycles. The van der Waals surface area contributed by atoms with Crippen LogP contribution in [0.3, 0.4) is 0 Å². The minimum atomic E-state index is -0.304. The molecule has 1 aliphatic rings. The Morgan fingerprint density at radius 1 is 1.43 bits per heavy atom. The summed E-state index contributed by atoms with van der Waals surface area (Å²) in [4.78, 5) is 20.6. The molecule has 0 bridgehead atoms. The van der Waals surface area contributed by atoms with Crippen molar-refractivity contribution in [1.82, 2.24) is 9.97 Å². The highest BCUT2D eigenvalue weighted by atomic mass is 16.5. The van der Waals surface area contributed by atoms with Gasteiger partial charge in [-0.3, -0.25) is 4.79 Å². The van der Waals surface area contributed by atoms with Gasteiger partial charge in [0.15, 0.2) is 0 Å². The highest BCUT2D eigenvalue weighted by Crippen LogP contribution is 2.18. The third-order valence-corrected chi connectivity index (χ3v) is 3.58. The zero-order valence-corrected chi connectivity index (χ0v) is 13.0. The van der Waals surface area contributed by atoms with E-state index in [0.29, 0.717) is 29.8 Å². The van der Waals surface area contributed by atoms with Gasteiger partial charge in [-0.2, -0.15) is 0 Å². The van der Waals surface area contributed by atoms with Crippen molar-refractivity contribution in [3.8, 4) is 5.75 Å². The Labute approximate surface area is 134 Å². The predicted octanol–water partition coefficient (Wildman–Crippen LogP) is 2.45. The standard InChI is InChI=1S/C17H19N3O3/c1-12-8-14(23-11-13-5-7-22-10-13)9-15(19-12)17(21)20-16-4-2-3-6-18-16/h2-4,6,8-9,13H,5,7,10-11H2,1H3,(H,18,20,21)/t13-/m0/s1. The lowest BCUT2D eigenvalue weighted by atomic mass is 10.1. The van der Waals surface area contributed by atoms with Crippen LogP contribution in [-0.2, 0) is 4.74 Å². The second-order valence-electron chi connectivity index (χ2n) is 5.54. The average Bonchev–Trinajstić information content (AvgIpc) is 3.07. The monoisotopic (exact) mass is 313 g/mol. The number of anilines is 1. The number of pyridine rings is 2. The third kappa shape index (κ3) is 4.26. The van der Waals surface area contributed by atoms with E-state index in [1.165, 1.54) is 0 Å². The maximum atomic E-state index is 12.3. The van der Waals surface area contributed by atoms with Crippen molar-refractivity contribution in [2.75, 3.05) is 25.1 Å². The molecule has 1 N–H and O–H groups in total. The zero-order valence-electron chi connectivity index (χ0n) is 13.0. The minimum absolute atomic E-state index is 0.304. The fourth-order valence-corrected chi connectivity index (χ4v) is 2.38. The molecule has 1 amide bonds. The summed E-state index contributed by atoms with van der Waals surface area (Å²) >= 11 is 0. The summed E-state index contributed by atoms with van der Waals surface area (Å²) in [6.45, 7) is 3.95. The first kappa shape index (κ1) is 15.4. The summed E-state index contributed by atoms with van der Waals surface area (Å²) in [5.41, 5.74) is 1.05. The Morgan fingerprint density at radius 3 is 3.09 bits per heavy atom. The van der Waals surface area contributed by atoms with E-state index in [9.17, 15) is 4.79 Å². The van der Waals surface area contributed by atoms with Gasteiger partial charge in [-0.05, 0) is 25.5 Å². The molecule has 3 heterocycles. The van der Waals surface area contributed by atoms with Crippen LogP contribution in [0.2, 0.25) is 0 Å². The van der Waals surface area contributed by atoms with Crippen LogP contribution in [-0.4, -0.2) is 35.7 Å². The molecule has 2 aromatic rings. The van der Waals surface area contributed by atoms with E-state index < -0.39 is 0 Å². The van der Waals surface area contributed by atoms with Gasteiger partial charge in [-0.1, -0.05) is 6.07 Å². The number of aromatic nitrogens is 2. The van der Waals surface area contributed by atoms with Gasteiger partial charge < -0.3 is 14.8 Å². The first-order chi connectivity index (χ1) is 11.2.